The van der Waals surface area contributed by atoms with Gasteiger partial charge in [0.2, 0.25) is 11.8 Å². The molecular weight excluding hydrogens is 899 g/mol. The highest BCUT2D eigenvalue weighted by atomic mass is 32.2. The van der Waals surface area contributed by atoms with E-state index in [9.17, 15) is 19.2 Å². The third kappa shape index (κ3) is 13.0. The lowest BCUT2D eigenvalue weighted by atomic mass is 9.93. The molecule has 2 fully saturated rings. The number of hydrogen-bond donors (Lipinski definition) is 0. The maximum absolute atomic E-state index is 15.5. The number of rotatable bonds is 8. The molecule has 0 unspecified atom stereocenters. The van der Waals surface area contributed by atoms with Crippen LogP contribution in [0.25, 0.3) is 34.4 Å². The van der Waals surface area contributed by atoms with Crippen molar-refractivity contribution in [1.29, 1.82) is 0 Å². The molecule has 4 aromatic carbocycles. The van der Waals surface area contributed by atoms with E-state index in [1.807, 2.05) is 0 Å². The van der Waals surface area contributed by atoms with Crippen LogP contribution in [0.4, 0.5) is 35.9 Å². The van der Waals surface area contributed by atoms with E-state index in [0.29, 0.717) is 11.8 Å². The molecule has 10 nitrogen and oxygen atoms in total. The third-order valence-electron chi connectivity index (χ3n) is 10.6. The Kier molecular flexibility index (Phi) is 15.2. The molecule has 2 saturated heterocycles. The molecule has 67 heavy (non-hydrogen) atoms. The molecule has 356 valence electrons. The van der Waals surface area contributed by atoms with Gasteiger partial charge in [-0.3, -0.25) is 9.59 Å². The van der Waals surface area contributed by atoms with Gasteiger partial charge in [-0.25, -0.2) is 9.59 Å². The van der Waals surface area contributed by atoms with Gasteiger partial charge >= 0.3 is 24.5 Å². The summed E-state index contributed by atoms with van der Waals surface area (Å²) in [5, 5.41) is 0. The number of alkyl halides is 6. The Bertz CT molecular complexity index is 2330. The zero-order chi connectivity index (χ0) is 48.9. The van der Waals surface area contributed by atoms with E-state index in [1.165, 1.54) is 92.4 Å². The smallest absolute Gasteiger partial charge is 0.418 e. The van der Waals surface area contributed by atoms with Crippen LogP contribution in [0.1, 0.15) is 63.8 Å². The summed E-state index contributed by atoms with van der Waals surface area (Å²) >= 11 is 0.312. The topological polar surface area (TPSA) is 99.7 Å². The van der Waals surface area contributed by atoms with E-state index in [2.05, 4.69) is 0 Å². The van der Waals surface area contributed by atoms with Crippen molar-refractivity contribution >= 4 is 47.9 Å². The fourth-order valence-electron chi connectivity index (χ4n) is 7.56. The van der Waals surface area contributed by atoms with Crippen LogP contribution in [0.2, 0.25) is 0 Å². The van der Waals surface area contributed by atoms with Crippen LogP contribution in [0.15, 0.2) is 107 Å². The van der Waals surface area contributed by atoms with E-state index in [4.69, 9.17) is 9.47 Å². The van der Waals surface area contributed by atoms with Gasteiger partial charge in [0.1, 0.15) is 11.2 Å². The van der Waals surface area contributed by atoms with Crippen LogP contribution in [0.5, 0.6) is 0 Å². The first kappa shape index (κ1) is 50.2. The predicted molar refractivity (Wildman–Crippen MR) is 245 cm³/mol. The fourth-order valence-corrected chi connectivity index (χ4v) is 8.71. The van der Waals surface area contributed by atoms with Gasteiger partial charge in [0.15, 0.2) is 0 Å². The van der Waals surface area contributed by atoms with Gasteiger partial charge in [0, 0.05) is 85.4 Å². The van der Waals surface area contributed by atoms with Crippen molar-refractivity contribution in [3.8, 4) is 22.3 Å². The van der Waals surface area contributed by atoms with Crippen molar-refractivity contribution in [1.82, 2.24) is 19.6 Å². The van der Waals surface area contributed by atoms with Crippen molar-refractivity contribution in [2.45, 2.75) is 74.9 Å². The first-order valence-corrected chi connectivity index (χ1v) is 22.4. The number of ether oxygens (including phenoxy) is 2. The van der Waals surface area contributed by atoms with E-state index in [0.717, 1.165) is 24.3 Å². The monoisotopic (exact) mass is 950 g/mol. The van der Waals surface area contributed by atoms with Gasteiger partial charge < -0.3 is 29.1 Å². The normalized spacial score (nSPS) is 15.3. The van der Waals surface area contributed by atoms with Crippen LogP contribution in [-0.4, -0.2) is 107 Å². The summed E-state index contributed by atoms with van der Waals surface area (Å²) in [5.74, 6) is -1.01. The molecule has 0 N–H and O–H groups in total. The molecule has 0 aromatic heterocycles. The Labute approximate surface area is 390 Å². The molecule has 0 saturated carbocycles. The molecular formula is C50H52F6N4O6S. The summed E-state index contributed by atoms with van der Waals surface area (Å²) in [7, 11) is 0. The number of carbonyl (C=O) groups is 4. The first-order valence-electron chi connectivity index (χ1n) is 21.6. The van der Waals surface area contributed by atoms with Gasteiger partial charge in [-0.15, -0.1) is 0 Å². The highest BCUT2D eigenvalue weighted by Gasteiger charge is 2.41. The molecule has 0 aliphatic carbocycles. The molecule has 2 heterocycles. The predicted octanol–water partition coefficient (Wildman–Crippen LogP) is 11.4. The van der Waals surface area contributed by atoms with Crippen LogP contribution in [0, 0.1) is 0 Å². The average molecular weight is 951 g/mol. The van der Waals surface area contributed by atoms with Gasteiger partial charge in [0.05, 0.1) is 11.1 Å². The van der Waals surface area contributed by atoms with Crippen LogP contribution >= 0.6 is 11.8 Å². The van der Waals surface area contributed by atoms with Gasteiger partial charge in [-0.2, -0.15) is 26.3 Å². The lowest BCUT2D eigenvalue weighted by Crippen LogP contribution is -2.51. The largest absolute Gasteiger partial charge is 0.444 e. The summed E-state index contributed by atoms with van der Waals surface area (Å²) in [4.78, 5) is 56.7. The molecule has 2 aliphatic rings. The summed E-state index contributed by atoms with van der Waals surface area (Å²) in [6, 6.07) is 20.0. The minimum atomic E-state index is -5.08. The second-order valence-electron chi connectivity index (χ2n) is 17.9. The van der Waals surface area contributed by atoms with Gasteiger partial charge in [-0.1, -0.05) is 84.6 Å². The molecule has 0 spiro atoms. The van der Waals surface area contributed by atoms with Crippen LogP contribution in [0.3, 0.4) is 0 Å². The number of carbonyl (C=O) groups excluding carboxylic acids is 4. The molecule has 4 amide bonds. The Hall–Kier alpha value is -6.23. The molecule has 0 radical (unpaired) electrons. The van der Waals surface area contributed by atoms with Crippen molar-refractivity contribution in [3.63, 3.8) is 0 Å². The van der Waals surface area contributed by atoms with Gasteiger partial charge in [0.25, 0.3) is 0 Å². The van der Waals surface area contributed by atoms with E-state index in [1.54, 1.807) is 53.7 Å². The number of piperazine rings is 2. The molecule has 6 rings (SSSR count). The second-order valence-corrected chi connectivity index (χ2v) is 19.0. The summed E-state index contributed by atoms with van der Waals surface area (Å²) in [5.41, 5.74) is -4.25. The van der Waals surface area contributed by atoms with Crippen molar-refractivity contribution < 1.29 is 55.0 Å². The summed E-state index contributed by atoms with van der Waals surface area (Å²) in [6.07, 6.45) is -6.41. The standard InChI is InChI=1S/C50H52F6N4O6S/c1-47(2,3)65-45(63)59-29-25-57(26-30-59)39(61)23-19-35-17-21-37(43(49(51,52)53)41(35)33-13-9-7-10-14-33)67-38-22-18-36(42(44(38)50(54,55)56)34-15-11-8-12-16-34)20-24-40(62)58-27-31-60(32-28-58)46(64)66-48(4,5)6/h7-24H,25-32H2,1-6H3. The summed E-state index contributed by atoms with van der Waals surface area (Å²) < 4.78 is 104. The molecule has 2 aliphatic heterocycles. The number of halogens is 6. The minimum Gasteiger partial charge on any atom is -0.444 e. The summed E-state index contributed by atoms with van der Waals surface area (Å²) in [6.45, 7) is 11.8. The number of benzene rings is 4. The van der Waals surface area contributed by atoms with E-state index >= 15 is 26.3 Å². The SMILES string of the molecule is CC(C)(C)OC(=O)N1CCN(C(=O)C=Cc2ccc(Sc3ccc(C=CC(=O)N4CCN(C(=O)OC(C)(C)C)CC4)c(-c4ccccc4)c3C(F)(F)F)c(C(F)(F)F)c2-c2ccccc2)CC1. The van der Waals surface area contributed by atoms with E-state index < -0.39 is 68.5 Å². The van der Waals surface area contributed by atoms with Crippen molar-refractivity contribution in [2.24, 2.45) is 0 Å². The first-order chi connectivity index (χ1) is 31.4. The van der Waals surface area contributed by atoms with Crippen LogP contribution in [-0.2, 0) is 31.4 Å². The number of nitrogens with zero attached hydrogens (tertiary/aromatic N) is 4. The van der Waals surface area contributed by atoms with E-state index in [-0.39, 0.29) is 85.7 Å². The lowest BCUT2D eigenvalue weighted by Gasteiger charge is -2.35. The van der Waals surface area contributed by atoms with Gasteiger partial charge in [-0.05, 0) is 88.1 Å². The maximum Gasteiger partial charge on any atom is 0.418 e. The Morgan fingerprint density at radius 2 is 0.791 bits per heavy atom. The zero-order valence-corrected chi connectivity index (χ0v) is 38.8. The number of hydrogen-bond acceptors (Lipinski definition) is 7. The van der Waals surface area contributed by atoms with Crippen molar-refractivity contribution in [3.05, 3.63) is 119 Å². The molecule has 0 atom stereocenters. The Morgan fingerprint density at radius 1 is 0.478 bits per heavy atom. The fraction of sp³-hybridized carbons (Fsp3) is 0.360. The zero-order valence-electron chi connectivity index (χ0n) is 38.0. The van der Waals surface area contributed by atoms with Crippen LogP contribution < -0.4 is 0 Å². The minimum absolute atomic E-state index is 0.000964. The lowest BCUT2D eigenvalue weighted by molar-refractivity contribution is -0.139. The quantitative estimate of drug-likeness (QED) is 0.128. The molecule has 0 bridgehead atoms. The highest BCUT2D eigenvalue weighted by molar-refractivity contribution is 7.99. The van der Waals surface area contributed by atoms with Crippen molar-refractivity contribution in [2.75, 3.05) is 52.4 Å². The maximum atomic E-state index is 15.5. The molecule has 17 heteroatoms. The number of amides is 4. The Balaban J connectivity index is 1.35. The average Bonchev–Trinajstić information content (AvgIpc) is 3.26. The highest BCUT2D eigenvalue weighted by Crippen LogP contribution is 2.51. The molecule has 4 aromatic rings. The third-order valence-corrected chi connectivity index (χ3v) is 11.7. The second kappa shape index (κ2) is 20.3. The Morgan fingerprint density at radius 3 is 1.09 bits per heavy atom.